The van der Waals surface area contributed by atoms with Crippen molar-refractivity contribution < 1.29 is 8.83 Å². The molecule has 0 unspecified atom stereocenters. The minimum atomic E-state index is 0.294. The molecule has 6 aromatic rings. The van der Waals surface area contributed by atoms with Gasteiger partial charge in [-0.2, -0.15) is 0 Å². The van der Waals surface area contributed by atoms with Crippen molar-refractivity contribution in [2.75, 3.05) is 0 Å². The number of nitrogens with zero attached hydrogens (tertiary/aromatic N) is 2. The molecule has 6 rings (SSSR count). The molecular weight excluding hydrogens is 468 g/mol. The molecule has 0 amide bonds. The van der Waals surface area contributed by atoms with Crippen LogP contribution in [-0.2, 0) is 0 Å². The van der Waals surface area contributed by atoms with E-state index in [-0.39, 0.29) is 0 Å². The lowest BCUT2D eigenvalue weighted by atomic mass is 10.00. The fraction of sp³-hybridized carbons (Fsp3) is 0.176. The van der Waals surface area contributed by atoms with Crippen LogP contribution in [0.15, 0.2) is 106 Å². The Morgan fingerprint density at radius 2 is 0.868 bits per heavy atom. The maximum atomic E-state index is 6.29. The van der Waals surface area contributed by atoms with Gasteiger partial charge in [-0.25, -0.2) is 9.97 Å². The molecule has 4 nitrogen and oxygen atoms in total. The van der Waals surface area contributed by atoms with Gasteiger partial charge in [0.25, 0.3) is 0 Å². The first-order valence-corrected chi connectivity index (χ1v) is 13.2. The van der Waals surface area contributed by atoms with Crippen LogP contribution in [0.25, 0.3) is 56.2 Å². The van der Waals surface area contributed by atoms with Crippen molar-refractivity contribution in [2.24, 2.45) is 0 Å². The molecule has 0 fully saturated rings. The Balaban J connectivity index is 1.68. The molecular formula is C34H30N2O2. The Labute approximate surface area is 223 Å². The molecule has 0 spiro atoms. The number of hydrogen-bond acceptors (Lipinski definition) is 4. The van der Waals surface area contributed by atoms with Crippen molar-refractivity contribution in [3.05, 3.63) is 109 Å². The van der Waals surface area contributed by atoms with Gasteiger partial charge in [0, 0.05) is 34.1 Å². The lowest BCUT2D eigenvalue weighted by Gasteiger charge is -2.14. The van der Waals surface area contributed by atoms with Crippen LogP contribution < -0.4 is 0 Å². The zero-order valence-corrected chi connectivity index (χ0v) is 22.1. The summed E-state index contributed by atoms with van der Waals surface area (Å²) in [5.41, 5.74) is 7.09. The van der Waals surface area contributed by atoms with E-state index < -0.39 is 0 Å². The van der Waals surface area contributed by atoms with Crippen molar-refractivity contribution in [2.45, 2.75) is 39.5 Å². The molecule has 3 heterocycles. The van der Waals surface area contributed by atoms with Gasteiger partial charge >= 0.3 is 0 Å². The van der Waals surface area contributed by atoms with E-state index in [1.807, 2.05) is 60.7 Å². The van der Waals surface area contributed by atoms with Crippen LogP contribution in [0.3, 0.4) is 0 Å². The summed E-state index contributed by atoms with van der Waals surface area (Å²) in [6.45, 7) is 8.53. The molecule has 0 N–H and O–H groups in total. The van der Waals surface area contributed by atoms with E-state index in [0.29, 0.717) is 11.8 Å². The molecule has 4 heteroatoms. The molecule has 188 valence electrons. The van der Waals surface area contributed by atoms with Gasteiger partial charge in [0.15, 0.2) is 0 Å². The highest BCUT2D eigenvalue weighted by Gasteiger charge is 2.21. The normalized spacial score (nSPS) is 11.6. The number of hydrogen-bond donors (Lipinski definition) is 0. The second-order valence-electron chi connectivity index (χ2n) is 10.2. The highest BCUT2D eigenvalue weighted by atomic mass is 16.3. The highest BCUT2D eigenvalue weighted by molar-refractivity contribution is 6.01. The number of benzene rings is 3. The Kier molecular flexibility index (Phi) is 6.16. The van der Waals surface area contributed by atoms with Crippen molar-refractivity contribution in [1.82, 2.24) is 9.97 Å². The van der Waals surface area contributed by atoms with Crippen molar-refractivity contribution in [1.29, 1.82) is 0 Å². The van der Waals surface area contributed by atoms with E-state index in [4.69, 9.17) is 18.8 Å². The Hall–Kier alpha value is -4.44. The first-order valence-electron chi connectivity index (χ1n) is 13.2. The summed E-state index contributed by atoms with van der Waals surface area (Å²) < 4.78 is 12.6. The smallest absolute Gasteiger partial charge is 0.136 e. The molecule has 38 heavy (non-hydrogen) atoms. The van der Waals surface area contributed by atoms with E-state index >= 15 is 0 Å². The largest absolute Gasteiger partial charge is 0.461 e. The van der Waals surface area contributed by atoms with Crippen LogP contribution in [0, 0.1) is 0 Å². The zero-order valence-electron chi connectivity index (χ0n) is 22.1. The third-order valence-electron chi connectivity index (χ3n) is 6.84. The summed E-state index contributed by atoms with van der Waals surface area (Å²) in [5, 5.41) is 0. The topological polar surface area (TPSA) is 52.1 Å². The van der Waals surface area contributed by atoms with Crippen molar-refractivity contribution in [3.8, 4) is 45.2 Å². The van der Waals surface area contributed by atoms with Crippen LogP contribution >= 0.6 is 0 Å². The van der Waals surface area contributed by atoms with Gasteiger partial charge in [-0.05, 0) is 36.4 Å². The predicted octanol–water partition coefficient (Wildman–Crippen LogP) is 9.73. The predicted molar refractivity (Wildman–Crippen MR) is 154 cm³/mol. The summed E-state index contributed by atoms with van der Waals surface area (Å²) >= 11 is 0. The number of fused-ring (bicyclic) bond motifs is 1. The summed E-state index contributed by atoms with van der Waals surface area (Å²) in [4.78, 5) is 10.6. The van der Waals surface area contributed by atoms with E-state index in [0.717, 1.165) is 67.7 Å². The highest BCUT2D eigenvalue weighted by Crippen LogP contribution is 2.40. The van der Waals surface area contributed by atoms with E-state index in [1.165, 1.54) is 0 Å². The summed E-state index contributed by atoms with van der Waals surface area (Å²) in [7, 11) is 0. The molecule has 0 aliphatic heterocycles. The summed E-state index contributed by atoms with van der Waals surface area (Å²) in [6.07, 6.45) is 0. The van der Waals surface area contributed by atoms with Crippen LogP contribution in [0.5, 0.6) is 0 Å². The molecule has 0 radical (unpaired) electrons. The molecule has 3 aromatic carbocycles. The van der Waals surface area contributed by atoms with Gasteiger partial charge in [-0.3, -0.25) is 0 Å². The molecule has 3 aromatic heterocycles. The van der Waals surface area contributed by atoms with Gasteiger partial charge in [0.2, 0.25) is 0 Å². The first kappa shape index (κ1) is 23.9. The van der Waals surface area contributed by atoms with Gasteiger partial charge in [0.1, 0.15) is 34.1 Å². The number of furan rings is 2. The second kappa shape index (κ2) is 9.79. The summed E-state index contributed by atoms with van der Waals surface area (Å²) in [6, 6.07) is 32.8. The SMILES string of the molecule is CC(C)c1ccc(-c2ccc(-c3ccc(C(C)C)o3)c3nc(-c4ccccc4)c(-c4ccccc4)nc23)o1. The lowest BCUT2D eigenvalue weighted by molar-refractivity contribution is 0.498. The monoisotopic (exact) mass is 498 g/mol. The average Bonchev–Trinajstić information content (AvgIpc) is 3.64. The molecule has 0 bridgehead atoms. The fourth-order valence-electron chi connectivity index (χ4n) is 4.74. The van der Waals surface area contributed by atoms with E-state index in [2.05, 4.69) is 64.1 Å². The maximum absolute atomic E-state index is 6.29. The quantitative estimate of drug-likeness (QED) is 0.229. The van der Waals surface area contributed by atoms with Gasteiger partial charge < -0.3 is 8.83 Å². The Morgan fingerprint density at radius 1 is 0.474 bits per heavy atom. The average molecular weight is 499 g/mol. The summed E-state index contributed by atoms with van der Waals surface area (Å²) in [5.74, 6) is 4.05. The van der Waals surface area contributed by atoms with Crippen molar-refractivity contribution in [3.63, 3.8) is 0 Å². The van der Waals surface area contributed by atoms with E-state index in [9.17, 15) is 0 Å². The van der Waals surface area contributed by atoms with Crippen LogP contribution in [-0.4, -0.2) is 9.97 Å². The van der Waals surface area contributed by atoms with Crippen LogP contribution in [0.2, 0.25) is 0 Å². The zero-order chi connectivity index (χ0) is 26.2. The first-order chi connectivity index (χ1) is 18.5. The molecule has 0 saturated carbocycles. The Morgan fingerprint density at radius 3 is 1.21 bits per heavy atom. The van der Waals surface area contributed by atoms with Gasteiger partial charge in [-0.1, -0.05) is 88.4 Å². The van der Waals surface area contributed by atoms with Crippen LogP contribution in [0.4, 0.5) is 0 Å². The third-order valence-corrected chi connectivity index (χ3v) is 6.84. The van der Waals surface area contributed by atoms with Gasteiger partial charge in [0.05, 0.1) is 11.4 Å². The minimum absolute atomic E-state index is 0.294. The van der Waals surface area contributed by atoms with E-state index in [1.54, 1.807) is 0 Å². The maximum Gasteiger partial charge on any atom is 0.136 e. The van der Waals surface area contributed by atoms with Crippen molar-refractivity contribution >= 4 is 11.0 Å². The fourth-order valence-corrected chi connectivity index (χ4v) is 4.74. The number of aromatic nitrogens is 2. The van der Waals surface area contributed by atoms with Crippen LogP contribution in [0.1, 0.15) is 51.1 Å². The Bertz CT molecular complexity index is 1580. The number of rotatable bonds is 6. The third kappa shape index (κ3) is 4.32. The lowest BCUT2D eigenvalue weighted by Crippen LogP contribution is -1.98. The minimum Gasteiger partial charge on any atom is -0.461 e. The molecule has 0 aliphatic carbocycles. The molecule has 0 saturated heterocycles. The second-order valence-corrected chi connectivity index (χ2v) is 10.2. The standard InChI is InChI=1S/C34H30N2O2/c1-21(2)27-17-19-29(37-27)25-15-16-26(30-20-18-28(38-30)22(3)4)34-33(25)35-31(23-11-7-5-8-12-23)32(36-34)24-13-9-6-10-14-24/h5-22H,1-4H3. The van der Waals surface area contributed by atoms with Gasteiger partial charge in [-0.15, -0.1) is 0 Å². The molecule has 0 atom stereocenters. The molecule has 0 aliphatic rings.